The zero-order chi connectivity index (χ0) is 21.3. The quantitative estimate of drug-likeness (QED) is 0.625. The lowest BCUT2D eigenvalue weighted by Gasteiger charge is -2.31. The molecule has 0 aliphatic carbocycles. The van der Waals surface area contributed by atoms with Crippen molar-refractivity contribution in [3.63, 3.8) is 0 Å². The van der Waals surface area contributed by atoms with Gasteiger partial charge in [0, 0.05) is 29.7 Å². The van der Waals surface area contributed by atoms with E-state index in [2.05, 4.69) is 17.1 Å². The predicted octanol–water partition coefficient (Wildman–Crippen LogP) is 4.94. The lowest BCUT2D eigenvalue weighted by Crippen LogP contribution is -2.33. The Bertz CT molecular complexity index is 1060. The second kappa shape index (κ2) is 8.40. The van der Waals surface area contributed by atoms with Gasteiger partial charge in [-0.1, -0.05) is 6.92 Å². The van der Waals surface area contributed by atoms with Crippen molar-refractivity contribution in [1.29, 1.82) is 0 Å². The Morgan fingerprint density at radius 1 is 1.27 bits per heavy atom. The summed E-state index contributed by atoms with van der Waals surface area (Å²) in [5, 5.41) is 14.3. The number of rotatable bonds is 5. The Balaban J connectivity index is 1.69. The number of amides is 1. The molecule has 2 aromatic carbocycles. The number of anilines is 1. The van der Waals surface area contributed by atoms with Gasteiger partial charge in [0.2, 0.25) is 0 Å². The lowest BCUT2D eigenvalue weighted by atomic mass is 9.98. The van der Waals surface area contributed by atoms with E-state index in [4.69, 9.17) is 9.15 Å². The molecule has 1 aromatic heterocycles. The summed E-state index contributed by atoms with van der Waals surface area (Å²) >= 11 is 0. The van der Waals surface area contributed by atoms with Crippen molar-refractivity contribution in [2.75, 3.05) is 25.5 Å². The van der Waals surface area contributed by atoms with Gasteiger partial charge >= 0.3 is 0 Å². The van der Waals surface area contributed by atoms with Crippen LogP contribution in [-0.2, 0) is 6.54 Å². The maximum absolute atomic E-state index is 13.2. The number of phenols is 1. The van der Waals surface area contributed by atoms with Gasteiger partial charge in [-0.05, 0) is 68.6 Å². The van der Waals surface area contributed by atoms with E-state index in [1.807, 2.05) is 0 Å². The molecular weight excluding hydrogens is 380 g/mol. The number of carbonyl (C=O) groups is 1. The van der Waals surface area contributed by atoms with E-state index in [9.17, 15) is 9.90 Å². The molecule has 0 unspecified atom stereocenters. The highest BCUT2D eigenvalue weighted by Gasteiger charge is 2.25. The number of carbonyl (C=O) groups excluding carboxylic acids is 1. The van der Waals surface area contributed by atoms with Gasteiger partial charge in [0.05, 0.1) is 12.7 Å². The van der Waals surface area contributed by atoms with Gasteiger partial charge < -0.3 is 19.6 Å². The summed E-state index contributed by atoms with van der Waals surface area (Å²) in [7, 11) is 1.60. The van der Waals surface area contributed by atoms with Crippen LogP contribution in [-0.4, -0.2) is 36.1 Å². The number of aromatic hydroxyl groups is 1. The molecule has 30 heavy (non-hydrogen) atoms. The van der Waals surface area contributed by atoms with Crippen LogP contribution in [0.4, 0.5) is 5.69 Å². The summed E-state index contributed by atoms with van der Waals surface area (Å²) in [6.07, 6.45) is 2.38. The number of methoxy groups -OCH3 is 1. The lowest BCUT2D eigenvalue weighted by molar-refractivity contribution is 0.102. The molecule has 6 heteroatoms. The van der Waals surface area contributed by atoms with E-state index in [0.717, 1.165) is 30.8 Å². The van der Waals surface area contributed by atoms with Crippen LogP contribution in [0.25, 0.3) is 11.0 Å². The van der Waals surface area contributed by atoms with E-state index >= 15 is 0 Å². The van der Waals surface area contributed by atoms with Crippen molar-refractivity contribution in [2.45, 2.75) is 33.2 Å². The van der Waals surface area contributed by atoms with Crippen LogP contribution in [0.1, 0.15) is 41.4 Å². The van der Waals surface area contributed by atoms with Crippen LogP contribution < -0.4 is 10.1 Å². The highest BCUT2D eigenvalue weighted by atomic mass is 16.5. The molecule has 1 fully saturated rings. The average molecular weight is 408 g/mol. The molecule has 3 aromatic rings. The van der Waals surface area contributed by atoms with E-state index in [0.29, 0.717) is 40.4 Å². The van der Waals surface area contributed by atoms with Gasteiger partial charge in [-0.25, -0.2) is 0 Å². The standard InChI is InChI=1S/C24H28N2O4/c1-15-5-4-12-26(13-15)14-19-20(27)10-11-21-23(19)22(16(2)30-21)24(28)25-17-6-8-18(29-3)9-7-17/h6-11,15,27H,4-5,12-14H2,1-3H3,(H,25,28)/t15-/m0/s1. The molecule has 1 atom stereocenters. The summed E-state index contributed by atoms with van der Waals surface area (Å²) in [6.45, 7) is 6.61. The first kappa shape index (κ1) is 20.3. The fraction of sp³-hybridized carbons (Fsp3) is 0.375. The molecule has 1 aliphatic heterocycles. The first-order chi connectivity index (χ1) is 14.5. The molecule has 0 bridgehead atoms. The number of ether oxygens (including phenoxy) is 1. The number of aryl methyl sites for hydroxylation is 1. The van der Waals surface area contributed by atoms with Crippen LogP contribution in [0.5, 0.6) is 11.5 Å². The molecule has 0 spiro atoms. The molecular formula is C24H28N2O4. The van der Waals surface area contributed by atoms with Crippen LogP contribution in [0, 0.1) is 12.8 Å². The Morgan fingerprint density at radius 2 is 2.03 bits per heavy atom. The highest BCUT2D eigenvalue weighted by molar-refractivity contribution is 6.14. The molecule has 2 heterocycles. The number of hydrogen-bond acceptors (Lipinski definition) is 5. The van der Waals surface area contributed by atoms with Crippen LogP contribution in [0.3, 0.4) is 0 Å². The zero-order valence-corrected chi connectivity index (χ0v) is 17.7. The molecule has 6 nitrogen and oxygen atoms in total. The predicted molar refractivity (Wildman–Crippen MR) is 117 cm³/mol. The van der Waals surface area contributed by atoms with E-state index < -0.39 is 0 Å². The monoisotopic (exact) mass is 408 g/mol. The van der Waals surface area contributed by atoms with Crippen molar-refractivity contribution in [1.82, 2.24) is 4.90 Å². The first-order valence-corrected chi connectivity index (χ1v) is 10.4. The molecule has 1 saturated heterocycles. The molecule has 158 valence electrons. The minimum atomic E-state index is -0.254. The maximum atomic E-state index is 13.2. The van der Waals surface area contributed by atoms with Crippen molar-refractivity contribution in [3.05, 3.63) is 53.3 Å². The molecule has 1 aliphatic rings. The largest absolute Gasteiger partial charge is 0.508 e. The number of furan rings is 1. The number of nitrogens with one attached hydrogen (secondary N) is 1. The third-order valence-electron chi connectivity index (χ3n) is 5.81. The number of hydrogen-bond donors (Lipinski definition) is 2. The van der Waals surface area contributed by atoms with Crippen molar-refractivity contribution >= 4 is 22.6 Å². The molecule has 0 radical (unpaired) electrons. The fourth-order valence-electron chi connectivity index (χ4n) is 4.32. The SMILES string of the molecule is COc1ccc(NC(=O)c2c(C)oc3ccc(O)c(CN4CCC[C@H](C)C4)c23)cc1. The zero-order valence-electron chi connectivity index (χ0n) is 17.7. The summed E-state index contributed by atoms with van der Waals surface area (Å²) in [6, 6.07) is 10.6. The third-order valence-corrected chi connectivity index (χ3v) is 5.81. The number of fused-ring (bicyclic) bond motifs is 1. The van der Waals surface area contributed by atoms with Gasteiger partial charge in [-0.3, -0.25) is 9.69 Å². The van der Waals surface area contributed by atoms with Crippen LogP contribution in [0.15, 0.2) is 40.8 Å². The van der Waals surface area contributed by atoms with Gasteiger partial charge in [0.25, 0.3) is 5.91 Å². The summed E-state index contributed by atoms with van der Waals surface area (Å²) in [4.78, 5) is 15.5. The van der Waals surface area contributed by atoms with Gasteiger partial charge in [0.15, 0.2) is 0 Å². The second-order valence-corrected chi connectivity index (χ2v) is 8.13. The van der Waals surface area contributed by atoms with E-state index in [-0.39, 0.29) is 11.7 Å². The van der Waals surface area contributed by atoms with Gasteiger partial charge in [0.1, 0.15) is 22.8 Å². The normalized spacial score (nSPS) is 17.2. The number of phenolic OH excluding ortho intramolecular Hbond substituents is 1. The highest BCUT2D eigenvalue weighted by Crippen LogP contribution is 2.35. The van der Waals surface area contributed by atoms with Crippen molar-refractivity contribution in [3.8, 4) is 11.5 Å². The Morgan fingerprint density at radius 3 is 2.73 bits per heavy atom. The fourth-order valence-corrected chi connectivity index (χ4v) is 4.32. The number of piperidine rings is 1. The maximum Gasteiger partial charge on any atom is 0.259 e. The molecule has 4 rings (SSSR count). The number of benzene rings is 2. The van der Waals surface area contributed by atoms with Crippen LogP contribution >= 0.6 is 0 Å². The van der Waals surface area contributed by atoms with Gasteiger partial charge in [-0.15, -0.1) is 0 Å². The van der Waals surface area contributed by atoms with Crippen LogP contribution in [0.2, 0.25) is 0 Å². The Kier molecular flexibility index (Phi) is 5.68. The number of nitrogens with zero attached hydrogens (tertiary/aromatic N) is 1. The Labute approximate surface area is 176 Å². The van der Waals surface area contributed by atoms with Crippen molar-refractivity contribution in [2.24, 2.45) is 5.92 Å². The topological polar surface area (TPSA) is 74.9 Å². The van der Waals surface area contributed by atoms with Gasteiger partial charge in [-0.2, -0.15) is 0 Å². The molecule has 2 N–H and O–H groups in total. The molecule has 1 amide bonds. The number of likely N-dealkylation sites (tertiary alicyclic amines) is 1. The second-order valence-electron chi connectivity index (χ2n) is 8.13. The van der Waals surface area contributed by atoms with E-state index in [1.165, 1.54) is 6.42 Å². The smallest absolute Gasteiger partial charge is 0.259 e. The summed E-state index contributed by atoms with van der Waals surface area (Å²) in [5.74, 6) is 1.83. The first-order valence-electron chi connectivity index (χ1n) is 10.4. The van der Waals surface area contributed by atoms with Crippen molar-refractivity contribution < 1.29 is 19.1 Å². The third kappa shape index (κ3) is 4.00. The van der Waals surface area contributed by atoms with E-state index in [1.54, 1.807) is 50.4 Å². The summed E-state index contributed by atoms with van der Waals surface area (Å²) in [5.41, 5.74) is 2.50. The summed E-state index contributed by atoms with van der Waals surface area (Å²) < 4.78 is 11.1. The average Bonchev–Trinajstić information content (AvgIpc) is 3.07. The minimum absolute atomic E-state index is 0.194. The minimum Gasteiger partial charge on any atom is -0.508 e. The Hall–Kier alpha value is -2.99. The molecule has 0 saturated carbocycles.